The van der Waals surface area contributed by atoms with Gasteiger partial charge in [-0.1, -0.05) is 144 Å². The number of hydrogen-bond donors (Lipinski definition) is 0. The van der Waals surface area contributed by atoms with Gasteiger partial charge in [0.1, 0.15) is 0 Å². The fourth-order valence-electron chi connectivity index (χ4n) is 9.26. The number of hydrogen-bond acceptors (Lipinski definition) is 3. The molecule has 0 aliphatic carbocycles. The molecule has 294 valence electrons. The van der Waals surface area contributed by atoms with Crippen molar-refractivity contribution >= 4 is 44.9 Å². The van der Waals surface area contributed by atoms with Crippen molar-refractivity contribution in [3.05, 3.63) is 132 Å². The normalized spacial score (nSPS) is 13.7. The molecule has 5 nitrogen and oxygen atoms in total. The molecule has 0 saturated heterocycles. The van der Waals surface area contributed by atoms with Crippen molar-refractivity contribution in [2.75, 3.05) is 0 Å². The lowest BCUT2D eigenvalue weighted by molar-refractivity contribution is 0.590. The van der Waals surface area contributed by atoms with Crippen LogP contribution in [0.25, 0.3) is 67.3 Å². The second-order valence-corrected chi connectivity index (χ2v) is 21.2. The van der Waals surface area contributed by atoms with Gasteiger partial charge in [0.2, 0.25) is 0 Å². The highest BCUT2D eigenvalue weighted by molar-refractivity contribution is 7.00. The summed E-state index contributed by atoms with van der Waals surface area (Å²) in [6.07, 6.45) is 4.53. The Morgan fingerprint density at radius 3 is 1.10 bits per heavy atom. The minimum Gasteiger partial charge on any atom is -0.317 e. The molecule has 0 atom stereocenters. The van der Waals surface area contributed by atoms with E-state index in [9.17, 15) is 0 Å². The molecule has 3 aromatic heterocycles. The van der Waals surface area contributed by atoms with E-state index < -0.39 is 0 Å². The molecule has 2 aliphatic rings. The maximum Gasteiger partial charge on any atom is 0.252 e. The zero-order chi connectivity index (χ0) is 41.6. The van der Waals surface area contributed by atoms with Gasteiger partial charge >= 0.3 is 0 Å². The predicted octanol–water partition coefficient (Wildman–Crippen LogP) is 11.1. The molecule has 0 N–H and O–H groups in total. The maximum atomic E-state index is 5.31. The Morgan fingerprint density at radius 2 is 0.746 bits per heavy atom. The zero-order valence-corrected chi connectivity index (χ0v) is 36.7. The smallest absolute Gasteiger partial charge is 0.252 e. The van der Waals surface area contributed by atoms with Gasteiger partial charge in [0.15, 0.2) is 17.5 Å². The first-order valence-corrected chi connectivity index (χ1v) is 21.2. The van der Waals surface area contributed by atoms with E-state index in [4.69, 9.17) is 15.0 Å². The highest BCUT2D eigenvalue weighted by atomic mass is 15.0. The van der Waals surface area contributed by atoms with Gasteiger partial charge in [0.25, 0.3) is 6.71 Å². The summed E-state index contributed by atoms with van der Waals surface area (Å²) in [6, 6.07) is 36.5. The summed E-state index contributed by atoms with van der Waals surface area (Å²) in [5.41, 5.74) is 17.3. The van der Waals surface area contributed by atoms with Crippen LogP contribution in [-0.4, -0.2) is 30.8 Å². The van der Waals surface area contributed by atoms with Gasteiger partial charge < -0.3 is 9.13 Å². The van der Waals surface area contributed by atoms with E-state index >= 15 is 0 Å². The van der Waals surface area contributed by atoms with Crippen molar-refractivity contribution in [1.82, 2.24) is 24.1 Å². The van der Waals surface area contributed by atoms with Crippen LogP contribution in [0.5, 0.6) is 0 Å². The van der Waals surface area contributed by atoms with Gasteiger partial charge in [-0.05, 0) is 107 Å². The van der Waals surface area contributed by atoms with Crippen LogP contribution in [0, 0.1) is 0 Å². The van der Waals surface area contributed by atoms with Crippen LogP contribution in [0.3, 0.4) is 0 Å². The van der Waals surface area contributed by atoms with Gasteiger partial charge in [-0.2, -0.15) is 0 Å². The molecule has 2 aliphatic heterocycles. The molecule has 0 saturated carbocycles. The summed E-state index contributed by atoms with van der Waals surface area (Å²) in [5, 5.41) is 2.55. The van der Waals surface area contributed by atoms with Gasteiger partial charge in [0, 0.05) is 51.5 Å². The molecule has 0 amide bonds. The van der Waals surface area contributed by atoms with E-state index in [1.165, 1.54) is 71.8 Å². The van der Waals surface area contributed by atoms with Crippen molar-refractivity contribution in [2.45, 2.75) is 105 Å². The number of fused-ring (bicyclic) bond motifs is 4. The first-order chi connectivity index (χ1) is 27.7. The lowest BCUT2D eigenvalue weighted by atomic mass is 9.34. The molecular formula is C53H54BN5. The minimum absolute atomic E-state index is 0.00540. The first-order valence-electron chi connectivity index (χ1n) is 21.2. The van der Waals surface area contributed by atoms with Crippen molar-refractivity contribution in [3.8, 4) is 45.5 Å². The second kappa shape index (κ2) is 12.4. The summed E-state index contributed by atoms with van der Waals surface area (Å²) in [5.74, 6) is 2.00. The van der Waals surface area contributed by atoms with Gasteiger partial charge in [-0.3, -0.25) is 0 Å². The Kier molecular flexibility index (Phi) is 7.88. The Labute approximate surface area is 349 Å². The first kappa shape index (κ1) is 37.5. The van der Waals surface area contributed by atoms with Crippen LogP contribution >= 0.6 is 0 Å². The van der Waals surface area contributed by atoms with Gasteiger partial charge in [-0.15, -0.1) is 0 Å². The molecule has 8 aromatic rings. The molecule has 59 heavy (non-hydrogen) atoms. The lowest BCUT2D eigenvalue weighted by Gasteiger charge is -2.35. The SMILES string of the molecule is CC(C)(C)c1ccc(-c2nc(-c3ccc(C(C)(C)C)cc3)nc(-c3cc4c5c(c3)-n3ccc6cc(C(C)(C)C)cc(c63)B5c3cc(C(C)(C)C)cc5ccn-4c35)n2)cc1. The largest absolute Gasteiger partial charge is 0.317 e. The summed E-state index contributed by atoms with van der Waals surface area (Å²) in [4.78, 5) is 15.8. The van der Waals surface area contributed by atoms with Crippen LogP contribution in [0.2, 0.25) is 0 Å². The van der Waals surface area contributed by atoms with Gasteiger partial charge in [0.05, 0.1) is 0 Å². The minimum atomic E-state index is 0.00540. The number of nitrogens with zero attached hydrogens (tertiary/aromatic N) is 5. The molecular weight excluding hydrogens is 717 g/mol. The van der Waals surface area contributed by atoms with Crippen LogP contribution in [0.15, 0.2) is 109 Å². The molecule has 6 heteroatoms. The zero-order valence-electron chi connectivity index (χ0n) is 36.7. The van der Waals surface area contributed by atoms with Crippen LogP contribution in [0.4, 0.5) is 0 Å². The van der Waals surface area contributed by atoms with E-state index in [0.29, 0.717) is 17.5 Å². The van der Waals surface area contributed by atoms with Crippen molar-refractivity contribution < 1.29 is 0 Å². The average molecular weight is 772 g/mol. The molecule has 0 spiro atoms. The molecule has 0 bridgehead atoms. The standard InChI is InChI=1S/C53H54BN5/c1-50(2,3)36-17-13-31(14-18-36)47-55-48(32-15-19-37(20-16-32)51(4,5)6)57-49(56-47)35-27-42-44-43(28-35)59-24-22-34-26-39(53(10,11)12)30-41(46(34)59)54(44)40-29-38(52(7,8)9)25-33-21-23-58(42)45(33)40/h13-30H,1-12H3. The molecule has 10 rings (SSSR count). The number of rotatable bonds is 3. The highest BCUT2D eigenvalue weighted by Gasteiger charge is 2.41. The Balaban J connectivity index is 1.25. The van der Waals surface area contributed by atoms with Gasteiger partial charge in [-0.25, -0.2) is 15.0 Å². The van der Waals surface area contributed by atoms with Crippen molar-refractivity contribution in [2.24, 2.45) is 0 Å². The summed E-state index contributed by atoms with van der Waals surface area (Å²) in [7, 11) is 0. The lowest BCUT2D eigenvalue weighted by Crippen LogP contribution is -2.59. The Morgan fingerprint density at radius 1 is 0.390 bits per heavy atom. The Bertz CT molecular complexity index is 2810. The van der Waals surface area contributed by atoms with Crippen LogP contribution < -0.4 is 16.4 Å². The molecule has 5 aromatic carbocycles. The fourth-order valence-corrected chi connectivity index (χ4v) is 9.26. The number of aromatic nitrogens is 5. The third-order valence-electron chi connectivity index (χ3n) is 12.8. The summed E-state index contributed by atoms with van der Waals surface area (Å²) >= 11 is 0. The topological polar surface area (TPSA) is 48.5 Å². The third kappa shape index (κ3) is 6.00. The molecule has 0 fully saturated rings. The van der Waals surface area contributed by atoms with Crippen molar-refractivity contribution in [3.63, 3.8) is 0 Å². The quantitative estimate of drug-likeness (QED) is 0.168. The van der Waals surface area contributed by atoms with Crippen LogP contribution in [0.1, 0.15) is 105 Å². The van der Waals surface area contributed by atoms with E-state index in [0.717, 1.165) is 16.7 Å². The van der Waals surface area contributed by atoms with E-state index in [-0.39, 0.29) is 28.4 Å². The maximum absolute atomic E-state index is 5.31. The number of benzene rings is 5. The molecule has 5 heterocycles. The molecule has 0 radical (unpaired) electrons. The van der Waals surface area contributed by atoms with E-state index in [1.807, 2.05) is 0 Å². The summed E-state index contributed by atoms with van der Waals surface area (Å²) in [6.45, 7) is 27.5. The monoisotopic (exact) mass is 771 g/mol. The third-order valence-corrected chi connectivity index (χ3v) is 12.8. The van der Waals surface area contributed by atoms with E-state index in [2.05, 4.69) is 202 Å². The Hall–Kier alpha value is -5.75. The van der Waals surface area contributed by atoms with Crippen LogP contribution in [-0.2, 0) is 21.7 Å². The summed E-state index contributed by atoms with van der Waals surface area (Å²) < 4.78 is 4.85. The van der Waals surface area contributed by atoms with E-state index in [1.54, 1.807) is 0 Å². The fraction of sp³-hybridized carbons (Fsp3) is 0.302. The van der Waals surface area contributed by atoms with Crippen molar-refractivity contribution in [1.29, 1.82) is 0 Å². The highest BCUT2D eigenvalue weighted by Crippen LogP contribution is 2.38. The average Bonchev–Trinajstić information content (AvgIpc) is 3.82. The second-order valence-electron chi connectivity index (χ2n) is 21.2. The molecule has 0 unspecified atom stereocenters. The predicted molar refractivity (Wildman–Crippen MR) is 249 cm³/mol.